The summed E-state index contributed by atoms with van der Waals surface area (Å²) in [6.45, 7) is 4.52. The highest BCUT2D eigenvalue weighted by Crippen LogP contribution is 2.31. The zero-order valence-corrected chi connectivity index (χ0v) is 13.5. The molecule has 1 aliphatic rings. The molecule has 1 heterocycles. The van der Waals surface area contributed by atoms with Crippen LogP contribution in [-0.2, 0) is 4.74 Å². The zero-order chi connectivity index (χ0) is 14.8. The number of nitrogens with one attached hydrogen (secondary N) is 1. The van der Waals surface area contributed by atoms with Crippen LogP contribution in [0, 0.1) is 0 Å². The predicted molar refractivity (Wildman–Crippen MR) is 89.5 cm³/mol. The molecule has 21 heavy (non-hydrogen) atoms. The van der Waals surface area contributed by atoms with Gasteiger partial charge in [-0.05, 0) is 50.8 Å². The quantitative estimate of drug-likeness (QED) is 0.656. The molecule has 118 valence electrons. The summed E-state index contributed by atoms with van der Waals surface area (Å²) in [6.07, 6.45) is 10.9. The maximum absolute atomic E-state index is 6.28. The van der Waals surface area contributed by atoms with Crippen LogP contribution in [0.25, 0.3) is 0 Å². The SMILES string of the molecule is CCCCCCNCC[C@H]1CCC[C@@H](c2ccccc2)O1. The van der Waals surface area contributed by atoms with Crippen molar-refractivity contribution in [2.24, 2.45) is 0 Å². The second kappa shape index (κ2) is 9.97. The van der Waals surface area contributed by atoms with Gasteiger partial charge in [0.05, 0.1) is 12.2 Å². The van der Waals surface area contributed by atoms with Crippen LogP contribution in [0.3, 0.4) is 0 Å². The Morgan fingerprint density at radius 2 is 1.90 bits per heavy atom. The molecule has 0 aromatic heterocycles. The summed E-state index contributed by atoms with van der Waals surface area (Å²) in [6, 6.07) is 10.7. The van der Waals surface area contributed by atoms with Gasteiger partial charge in [-0.3, -0.25) is 0 Å². The normalized spacial score (nSPS) is 22.3. The molecular formula is C19H31NO. The van der Waals surface area contributed by atoms with Gasteiger partial charge in [0.25, 0.3) is 0 Å². The number of hydrogen-bond acceptors (Lipinski definition) is 2. The van der Waals surface area contributed by atoms with Gasteiger partial charge in [0.2, 0.25) is 0 Å². The molecule has 0 bridgehead atoms. The summed E-state index contributed by atoms with van der Waals surface area (Å²) < 4.78 is 6.28. The summed E-state index contributed by atoms with van der Waals surface area (Å²) in [5, 5.41) is 3.57. The van der Waals surface area contributed by atoms with E-state index < -0.39 is 0 Å². The Bertz CT molecular complexity index is 365. The number of benzene rings is 1. The van der Waals surface area contributed by atoms with Crippen LogP contribution in [0.4, 0.5) is 0 Å². The minimum absolute atomic E-state index is 0.314. The van der Waals surface area contributed by atoms with Gasteiger partial charge >= 0.3 is 0 Å². The Hall–Kier alpha value is -0.860. The third kappa shape index (κ3) is 6.19. The number of ether oxygens (including phenoxy) is 1. The minimum Gasteiger partial charge on any atom is -0.370 e. The van der Waals surface area contributed by atoms with Gasteiger partial charge in [0, 0.05) is 0 Å². The van der Waals surface area contributed by atoms with Crippen LogP contribution in [0.1, 0.15) is 70.0 Å². The molecule has 2 heteroatoms. The van der Waals surface area contributed by atoms with E-state index in [0.717, 1.165) is 19.5 Å². The van der Waals surface area contributed by atoms with E-state index in [0.29, 0.717) is 12.2 Å². The van der Waals surface area contributed by atoms with Crippen LogP contribution in [0.5, 0.6) is 0 Å². The highest BCUT2D eigenvalue weighted by atomic mass is 16.5. The van der Waals surface area contributed by atoms with Crippen molar-refractivity contribution in [3.8, 4) is 0 Å². The van der Waals surface area contributed by atoms with Crippen molar-refractivity contribution < 1.29 is 4.74 Å². The van der Waals surface area contributed by atoms with Crippen LogP contribution >= 0.6 is 0 Å². The summed E-state index contributed by atoms with van der Waals surface area (Å²) in [5.74, 6) is 0. The van der Waals surface area contributed by atoms with Crippen molar-refractivity contribution in [2.75, 3.05) is 13.1 Å². The van der Waals surface area contributed by atoms with Gasteiger partial charge < -0.3 is 10.1 Å². The second-order valence-electron chi connectivity index (χ2n) is 6.19. The summed E-state index contributed by atoms with van der Waals surface area (Å²) in [5.41, 5.74) is 1.34. The van der Waals surface area contributed by atoms with Crippen molar-refractivity contribution >= 4 is 0 Å². The maximum atomic E-state index is 6.28. The van der Waals surface area contributed by atoms with E-state index in [1.54, 1.807) is 0 Å². The lowest BCUT2D eigenvalue weighted by Gasteiger charge is -2.30. The van der Waals surface area contributed by atoms with E-state index in [4.69, 9.17) is 4.74 Å². The largest absolute Gasteiger partial charge is 0.370 e. The van der Waals surface area contributed by atoms with Crippen molar-refractivity contribution in [1.29, 1.82) is 0 Å². The summed E-state index contributed by atoms with van der Waals surface area (Å²) >= 11 is 0. The van der Waals surface area contributed by atoms with Gasteiger partial charge in [-0.1, -0.05) is 56.5 Å². The van der Waals surface area contributed by atoms with Crippen molar-refractivity contribution in [1.82, 2.24) is 5.32 Å². The van der Waals surface area contributed by atoms with Crippen LogP contribution < -0.4 is 5.32 Å². The first-order valence-corrected chi connectivity index (χ1v) is 8.81. The molecule has 0 spiro atoms. The molecule has 0 amide bonds. The van der Waals surface area contributed by atoms with Gasteiger partial charge in [-0.25, -0.2) is 0 Å². The third-order valence-electron chi connectivity index (χ3n) is 4.37. The van der Waals surface area contributed by atoms with Crippen molar-refractivity contribution in [2.45, 2.75) is 70.5 Å². The van der Waals surface area contributed by atoms with Gasteiger partial charge in [0.1, 0.15) is 0 Å². The first kappa shape index (κ1) is 16.5. The Morgan fingerprint density at radius 1 is 1.05 bits per heavy atom. The van der Waals surface area contributed by atoms with Gasteiger partial charge in [0.15, 0.2) is 0 Å². The average molecular weight is 289 g/mol. The van der Waals surface area contributed by atoms with Crippen molar-refractivity contribution in [3.05, 3.63) is 35.9 Å². The lowest BCUT2D eigenvalue weighted by atomic mass is 9.97. The molecule has 2 atom stereocenters. The molecule has 0 radical (unpaired) electrons. The van der Waals surface area contributed by atoms with Crippen LogP contribution in [-0.4, -0.2) is 19.2 Å². The third-order valence-corrected chi connectivity index (χ3v) is 4.37. The second-order valence-corrected chi connectivity index (χ2v) is 6.19. The molecule has 1 aromatic carbocycles. The predicted octanol–water partition coefficient (Wildman–Crippen LogP) is 4.86. The molecule has 1 aliphatic heterocycles. The maximum Gasteiger partial charge on any atom is 0.0828 e. The molecule has 1 N–H and O–H groups in total. The first-order valence-electron chi connectivity index (χ1n) is 8.81. The van der Waals surface area contributed by atoms with Crippen molar-refractivity contribution in [3.63, 3.8) is 0 Å². The Kier molecular flexibility index (Phi) is 7.83. The molecule has 2 nitrogen and oxygen atoms in total. The molecule has 2 rings (SSSR count). The van der Waals surface area contributed by atoms with Crippen LogP contribution in [0.15, 0.2) is 30.3 Å². The molecule has 0 aliphatic carbocycles. The van der Waals surface area contributed by atoms with Gasteiger partial charge in [-0.15, -0.1) is 0 Å². The van der Waals surface area contributed by atoms with E-state index in [9.17, 15) is 0 Å². The van der Waals surface area contributed by atoms with E-state index >= 15 is 0 Å². The molecular weight excluding hydrogens is 258 g/mol. The van der Waals surface area contributed by atoms with Gasteiger partial charge in [-0.2, -0.15) is 0 Å². The number of rotatable bonds is 9. The minimum atomic E-state index is 0.314. The van der Waals surface area contributed by atoms with E-state index in [1.165, 1.54) is 50.5 Å². The molecule has 0 saturated carbocycles. The van der Waals surface area contributed by atoms with E-state index in [1.807, 2.05) is 0 Å². The summed E-state index contributed by atoms with van der Waals surface area (Å²) in [7, 11) is 0. The number of hydrogen-bond donors (Lipinski definition) is 1. The lowest BCUT2D eigenvalue weighted by Crippen LogP contribution is -2.27. The topological polar surface area (TPSA) is 21.3 Å². The van der Waals surface area contributed by atoms with Crippen LogP contribution in [0.2, 0.25) is 0 Å². The molecule has 1 saturated heterocycles. The van der Waals surface area contributed by atoms with E-state index in [-0.39, 0.29) is 0 Å². The average Bonchev–Trinajstić information content (AvgIpc) is 2.55. The fraction of sp³-hybridized carbons (Fsp3) is 0.684. The highest BCUT2D eigenvalue weighted by Gasteiger charge is 2.22. The monoisotopic (exact) mass is 289 g/mol. The highest BCUT2D eigenvalue weighted by molar-refractivity contribution is 5.17. The fourth-order valence-electron chi connectivity index (χ4n) is 3.09. The fourth-order valence-corrected chi connectivity index (χ4v) is 3.09. The Labute approximate surface area is 130 Å². The standard InChI is InChI=1S/C19H31NO/c1-2-3-4-8-15-20-16-14-18-12-9-13-19(21-18)17-10-6-5-7-11-17/h5-7,10-11,18-20H,2-4,8-9,12-16H2,1H3/t18-,19+/m1/s1. The molecule has 0 unspecified atom stereocenters. The Balaban J connectivity index is 1.61. The van der Waals surface area contributed by atoms with E-state index in [2.05, 4.69) is 42.6 Å². The first-order chi connectivity index (χ1) is 10.4. The molecule has 1 aromatic rings. The Morgan fingerprint density at radius 3 is 2.71 bits per heavy atom. The summed E-state index contributed by atoms with van der Waals surface area (Å²) in [4.78, 5) is 0. The molecule has 1 fully saturated rings. The number of unbranched alkanes of at least 4 members (excludes halogenated alkanes) is 3. The smallest absolute Gasteiger partial charge is 0.0828 e. The zero-order valence-electron chi connectivity index (χ0n) is 13.5. The lowest BCUT2D eigenvalue weighted by molar-refractivity contribution is -0.0544.